The number of carbonyl (C=O) groups is 14. The van der Waals surface area contributed by atoms with Crippen molar-refractivity contribution in [2.45, 2.75) is 216 Å². The summed E-state index contributed by atoms with van der Waals surface area (Å²) in [5, 5.41) is 108. The van der Waals surface area contributed by atoms with Crippen molar-refractivity contribution >= 4 is 82.5 Å². The van der Waals surface area contributed by atoms with Crippen molar-refractivity contribution < 1.29 is 127 Å². The summed E-state index contributed by atoms with van der Waals surface area (Å²) in [5.74, 6) is -15.7. The van der Waals surface area contributed by atoms with Gasteiger partial charge in [0.1, 0.15) is 78.0 Å². The van der Waals surface area contributed by atoms with Crippen LogP contribution < -0.4 is 53.0 Å². The highest BCUT2D eigenvalue weighted by atomic mass is 16.7. The predicted molar refractivity (Wildman–Crippen MR) is 404 cm³/mol. The lowest BCUT2D eigenvalue weighted by molar-refractivity contribution is -0.250. The number of fused-ring (bicyclic) bond motifs is 3. The first kappa shape index (κ1) is 89.5. The largest absolute Gasteiger partial charge is 0.508 e. The molecule has 2 aliphatic carbocycles. The summed E-state index contributed by atoms with van der Waals surface area (Å²) in [6.07, 6.45) is -9.75. The highest BCUT2D eigenvalue weighted by molar-refractivity contribution is 6.31. The van der Waals surface area contributed by atoms with Crippen LogP contribution in [0.2, 0.25) is 0 Å². The number of amides is 9. The highest BCUT2D eigenvalue weighted by Gasteiger charge is 2.50. The summed E-state index contributed by atoms with van der Waals surface area (Å²) in [5.41, 5.74) is 2.46. The van der Waals surface area contributed by atoms with E-state index in [-0.39, 0.29) is 90.8 Å². The molecule has 36 nitrogen and oxygen atoms in total. The number of methoxy groups -OCH3 is 1. The van der Waals surface area contributed by atoms with Crippen molar-refractivity contribution in [2.75, 3.05) is 33.4 Å². The number of nitrogens with zero attached hydrogens (tertiary/aromatic N) is 1. The number of phenolic OH excluding ortho intramolecular Hbond substituents is 3. The van der Waals surface area contributed by atoms with E-state index in [2.05, 4.69) is 42.5 Å². The third kappa shape index (κ3) is 23.6. The Morgan fingerprint density at radius 1 is 0.678 bits per heavy atom. The maximum Gasteiger partial charge on any atom is 0.326 e. The van der Waals surface area contributed by atoms with Gasteiger partial charge in [-0.25, -0.2) is 4.79 Å². The molecule has 2 aliphatic heterocycles. The topological polar surface area (TPSA) is 563 Å². The molecule has 9 amide bonds. The van der Waals surface area contributed by atoms with E-state index in [1.165, 1.54) is 68.3 Å². The van der Waals surface area contributed by atoms with Gasteiger partial charge in [0.2, 0.25) is 58.9 Å². The smallest absolute Gasteiger partial charge is 0.326 e. The zero-order valence-electron chi connectivity index (χ0n) is 64.8. The van der Waals surface area contributed by atoms with Crippen molar-refractivity contribution in [2.24, 2.45) is 17.6 Å². The van der Waals surface area contributed by atoms with Gasteiger partial charge in [-0.1, -0.05) is 82.3 Å². The van der Waals surface area contributed by atoms with Gasteiger partial charge >= 0.3 is 11.9 Å². The predicted octanol–water partition coefficient (Wildman–Crippen LogP) is -0.101. The number of carboxylic acids is 2. The molecular formula is C79H102N10O26. The van der Waals surface area contributed by atoms with E-state index in [4.69, 9.17) is 24.7 Å². The minimum atomic E-state index is -2.12. The lowest BCUT2D eigenvalue weighted by Gasteiger charge is -2.43. The highest BCUT2D eigenvalue weighted by Crippen LogP contribution is 2.53. The lowest BCUT2D eigenvalue weighted by Crippen LogP contribution is -2.61. The van der Waals surface area contributed by atoms with Crippen LogP contribution in [0.25, 0.3) is 0 Å². The van der Waals surface area contributed by atoms with Crippen molar-refractivity contribution in [3.63, 3.8) is 0 Å². The Bertz CT molecular complexity index is 4270. The number of aliphatic carboxylic acids is 2. The van der Waals surface area contributed by atoms with E-state index in [9.17, 15) is 108 Å². The standard InChI is InChI=1S/C79H102N10O26/c1-38(2)27-51(88-77(108)55-16-12-26-89(55)59(94)24-22-49(78(109)110)84-73(104)48(23-25-60(95)96)83-71(102)40(5)80)72(103)81-34-58(93)82-54(37-113-36-43-13-9-8-10-14-43)76(107)87-53(29-42-18-20-44(91)21-19-42)75(106)86-52(28-39(3)4)74(105)85-50-30-61(114-41(6)66(50)97)115-57-33-79(111,31-45(92)35-90)32-47-63(57)70(101)65-64(68(47)99)67(98)46-15-11-17-56(112-7)62(46)69(65)100/h8-11,13-15,17-21,38-41,48-55,57,61,66,90-91,97,99,101,111H,12,16,22-37,80H2,1-7H3,(H,81,103)(H,82,93)(H,83,102)(H,84,104)(H,85,105)(H,86,106)(H,87,107)(H,88,108)(H,95,96)(H,109,110)/t40-,41-,48-,49-,50-,51-,52-,53-,54-,55-,57-,61?,66+,79+/m0/s1. The Balaban J connectivity index is 0.961. The molecule has 4 aromatic carbocycles. The quantitative estimate of drug-likeness (QED) is 0.0228. The second-order valence-corrected chi connectivity index (χ2v) is 30.2. The zero-order chi connectivity index (χ0) is 84.4. The number of nitrogens with two attached hydrogens (primary N) is 1. The van der Waals surface area contributed by atoms with E-state index >= 15 is 0 Å². The second kappa shape index (κ2) is 40.3. The summed E-state index contributed by atoms with van der Waals surface area (Å²) in [4.78, 5) is 192. The Morgan fingerprint density at radius 3 is 1.93 bits per heavy atom. The van der Waals surface area contributed by atoms with Crippen LogP contribution >= 0.6 is 0 Å². The number of hydrogen-bond acceptors (Lipinski definition) is 25. The molecule has 18 N–H and O–H groups in total. The van der Waals surface area contributed by atoms with Crippen molar-refractivity contribution in [1.29, 1.82) is 0 Å². The fourth-order valence-corrected chi connectivity index (χ4v) is 14.4. The third-order valence-electron chi connectivity index (χ3n) is 20.2. The molecule has 4 aromatic rings. The fraction of sp³-hybridized carbons (Fsp3) is 0.519. The normalized spacial score (nSPS) is 20.8. The van der Waals surface area contributed by atoms with Crippen molar-refractivity contribution in [3.05, 3.63) is 117 Å². The molecule has 0 radical (unpaired) electrons. The number of nitrogens with one attached hydrogen (secondary N) is 8. The van der Waals surface area contributed by atoms with Gasteiger partial charge < -0.3 is 113 Å². The molecular weight excluding hydrogens is 1500 g/mol. The van der Waals surface area contributed by atoms with E-state index in [1.807, 2.05) is 0 Å². The number of aliphatic hydroxyl groups is 3. The molecule has 2 heterocycles. The maximum absolute atomic E-state index is 15.0. The fourth-order valence-electron chi connectivity index (χ4n) is 14.4. The van der Waals surface area contributed by atoms with Crippen molar-refractivity contribution in [1.82, 2.24) is 47.4 Å². The zero-order valence-corrected chi connectivity index (χ0v) is 64.8. The van der Waals surface area contributed by atoms with Gasteiger partial charge in [0.25, 0.3) is 0 Å². The van der Waals surface area contributed by atoms with Gasteiger partial charge in [-0.2, -0.15) is 0 Å². The van der Waals surface area contributed by atoms with E-state index in [1.54, 1.807) is 58.0 Å². The Kier molecular flexibility index (Phi) is 31.4. The van der Waals surface area contributed by atoms with Crippen LogP contribution in [-0.4, -0.2) is 240 Å². The second-order valence-electron chi connectivity index (χ2n) is 30.2. The van der Waals surface area contributed by atoms with Gasteiger partial charge in [-0.05, 0) is 93.5 Å². The van der Waals surface area contributed by atoms with Gasteiger partial charge in [-0.3, -0.25) is 62.3 Å². The first-order valence-electron chi connectivity index (χ1n) is 37.9. The number of benzene rings is 4. The number of carboxylic acid groups (broad SMARTS) is 2. The number of ketones is 3. The summed E-state index contributed by atoms with van der Waals surface area (Å²) >= 11 is 0. The average Bonchev–Trinajstić information content (AvgIpc) is 1.18. The summed E-state index contributed by atoms with van der Waals surface area (Å²) in [7, 11) is 1.27. The Morgan fingerprint density at radius 2 is 1.30 bits per heavy atom. The monoisotopic (exact) mass is 1610 g/mol. The number of aromatic hydroxyl groups is 3. The van der Waals surface area contributed by atoms with Crippen molar-refractivity contribution in [3.8, 4) is 23.0 Å². The van der Waals surface area contributed by atoms with Gasteiger partial charge in [-0.15, -0.1) is 0 Å². The molecule has 0 bridgehead atoms. The van der Waals surface area contributed by atoms with Crippen LogP contribution in [0.1, 0.15) is 172 Å². The first-order chi connectivity index (χ1) is 54.4. The average molecular weight is 1610 g/mol. The lowest BCUT2D eigenvalue weighted by atomic mass is 9.71. The number of hydrogen-bond donors (Lipinski definition) is 17. The van der Waals surface area contributed by atoms with Gasteiger partial charge in [0.15, 0.2) is 17.9 Å². The number of carbonyl (C=O) groups excluding carboxylic acids is 12. The van der Waals surface area contributed by atoms with E-state index < -0.39 is 254 Å². The summed E-state index contributed by atoms with van der Waals surface area (Å²) in [6.45, 7) is 7.42. The summed E-state index contributed by atoms with van der Waals surface area (Å²) in [6, 6.07) is 5.88. The molecule has 4 aliphatic rings. The van der Waals surface area contributed by atoms with Gasteiger partial charge in [0.05, 0.1) is 73.5 Å². The number of rotatable bonds is 39. The van der Waals surface area contributed by atoms with Crippen LogP contribution in [0.3, 0.4) is 0 Å². The number of likely N-dealkylation sites (tertiary alicyclic amines) is 1. The molecule has 624 valence electrons. The SMILES string of the molecule is COc1cccc2c1C(=O)c1c(O)c3c(c(O)c1C2=O)C[C@](O)(CC(=O)CO)C[C@@H]3OC1C[C@H](NC(=O)[C@H](CC(C)C)NC(=O)[C@H](Cc2ccc(O)cc2)NC(=O)[C@H](COCc2ccccc2)NC(=O)CNC(=O)[C@H](CC(C)C)NC(=O)[C@@H]2CCCN2C(=O)CC[C@H](NC(=O)[C@H](CCC(=O)O)NC(=O)[C@H](C)N)C(=O)O)[C@H](O)[C@H](C)O1. The molecule has 115 heavy (non-hydrogen) atoms. The van der Waals surface area contributed by atoms with Crippen LogP contribution in [0.5, 0.6) is 23.0 Å². The third-order valence-corrected chi connectivity index (χ3v) is 20.2. The molecule has 0 aromatic heterocycles. The molecule has 2 saturated heterocycles. The minimum Gasteiger partial charge on any atom is -0.508 e. The number of Topliss-reactive ketones (excluding diaryl/α,β-unsaturated/α-hetero) is 1. The molecule has 8 rings (SSSR count). The van der Waals surface area contributed by atoms with Crippen LogP contribution in [-0.2, 0) is 91.2 Å². The van der Waals surface area contributed by atoms with E-state index in [0.29, 0.717) is 17.5 Å². The molecule has 1 unspecified atom stereocenters. The van der Waals surface area contributed by atoms with Crippen LogP contribution in [0.4, 0.5) is 0 Å². The molecule has 0 spiro atoms. The van der Waals surface area contributed by atoms with Crippen LogP contribution in [0, 0.1) is 11.8 Å². The number of phenols is 3. The van der Waals surface area contributed by atoms with E-state index in [0.717, 1.165) is 0 Å². The van der Waals surface area contributed by atoms with Crippen LogP contribution in [0.15, 0.2) is 72.8 Å². The van der Waals surface area contributed by atoms with Gasteiger partial charge in [0, 0.05) is 68.2 Å². The molecule has 14 atom stereocenters. The minimum absolute atomic E-state index is 0.0116. The summed E-state index contributed by atoms with van der Waals surface area (Å²) < 4.78 is 23.9. The Hall–Kier alpha value is -11.0. The maximum atomic E-state index is 15.0. The first-order valence-corrected chi connectivity index (χ1v) is 37.9. The number of ether oxygens (including phenoxy) is 4. The Labute approximate surface area is 661 Å². The molecule has 36 heteroatoms. The number of aliphatic hydroxyl groups excluding tert-OH is 2. The molecule has 0 saturated carbocycles. The molecule has 2 fully saturated rings.